The molecule has 0 saturated heterocycles. The average molecular weight is 317 g/mol. The van der Waals surface area contributed by atoms with Crippen molar-refractivity contribution in [2.24, 2.45) is 11.7 Å². The highest BCUT2D eigenvalue weighted by molar-refractivity contribution is 5.85. The number of hydrogen-bond donors (Lipinski definition) is 2. The van der Waals surface area contributed by atoms with Crippen molar-refractivity contribution in [3.8, 4) is 5.75 Å². The van der Waals surface area contributed by atoms with Gasteiger partial charge in [0.15, 0.2) is 18.2 Å². The Kier molecular flexibility index (Phi) is 7.47. The monoisotopic (exact) mass is 316 g/mol. The first-order valence-electron chi connectivity index (χ1n) is 7.07. The quantitative estimate of drug-likeness (QED) is 0.876. The summed E-state index contributed by atoms with van der Waals surface area (Å²) in [6, 6.07) is 6.17. The van der Waals surface area contributed by atoms with Crippen LogP contribution in [0.4, 0.5) is 4.39 Å². The van der Waals surface area contributed by atoms with E-state index in [1.54, 1.807) is 12.1 Å². The first kappa shape index (κ1) is 17.7. The molecule has 0 spiro atoms. The van der Waals surface area contributed by atoms with Gasteiger partial charge in [-0.2, -0.15) is 0 Å². The van der Waals surface area contributed by atoms with Gasteiger partial charge >= 0.3 is 0 Å². The minimum atomic E-state index is -0.460. The van der Waals surface area contributed by atoms with E-state index in [9.17, 15) is 9.18 Å². The summed E-state index contributed by atoms with van der Waals surface area (Å²) in [4.78, 5) is 11.9. The average Bonchev–Trinajstić information content (AvgIpc) is 2.47. The maximum atomic E-state index is 13.3. The Balaban J connectivity index is 0.00000220. The number of para-hydroxylation sites is 1. The zero-order chi connectivity index (χ0) is 14.4. The standard InChI is InChI=1S/C15H21FN2O2.ClH/c16-12-6-2-4-8-14(12)20-10-15(19)18-13-7-3-1-5-11(13)9-17;/h2,4,6,8,11,13H,1,3,5,7,9-10,17H2,(H,18,19);1H. The molecule has 1 aromatic rings. The number of nitrogens with two attached hydrogens (primary N) is 1. The molecular weight excluding hydrogens is 295 g/mol. The third-order valence-electron chi connectivity index (χ3n) is 3.75. The van der Waals surface area contributed by atoms with Crippen LogP contribution in [-0.4, -0.2) is 25.1 Å². The second-order valence-electron chi connectivity index (χ2n) is 5.17. The smallest absolute Gasteiger partial charge is 0.258 e. The Hall–Kier alpha value is -1.33. The van der Waals surface area contributed by atoms with Crippen molar-refractivity contribution < 1.29 is 13.9 Å². The van der Waals surface area contributed by atoms with Crippen LogP contribution < -0.4 is 15.8 Å². The summed E-state index contributed by atoms with van der Waals surface area (Å²) in [6.07, 6.45) is 4.28. The van der Waals surface area contributed by atoms with E-state index in [1.165, 1.54) is 18.6 Å². The summed E-state index contributed by atoms with van der Waals surface area (Å²) in [7, 11) is 0. The van der Waals surface area contributed by atoms with Crippen LogP contribution in [0.15, 0.2) is 24.3 Å². The Morgan fingerprint density at radius 2 is 2.05 bits per heavy atom. The molecule has 1 amide bonds. The first-order chi connectivity index (χ1) is 9.70. The summed E-state index contributed by atoms with van der Waals surface area (Å²) in [5.74, 6) is -0.251. The predicted molar refractivity (Wildman–Crippen MR) is 82.1 cm³/mol. The molecule has 1 saturated carbocycles. The molecule has 4 nitrogen and oxygen atoms in total. The SMILES string of the molecule is Cl.NCC1CCCCC1NC(=O)COc1ccccc1F. The number of hydrogen-bond acceptors (Lipinski definition) is 3. The first-order valence-corrected chi connectivity index (χ1v) is 7.07. The van der Waals surface area contributed by atoms with Crippen LogP contribution in [0.3, 0.4) is 0 Å². The third kappa shape index (κ3) is 5.17. The van der Waals surface area contributed by atoms with Crippen molar-refractivity contribution in [2.45, 2.75) is 31.7 Å². The van der Waals surface area contributed by atoms with Gasteiger partial charge in [-0.3, -0.25) is 4.79 Å². The van der Waals surface area contributed by atoms with Gasteiger partial charge < -0.3 is 15.8 Å². The molecule has 2 unspecified atom stereocenters. The van der Waals surface area contributed by atoms with Gasteiger partial charge in [-0.1, -0.05) is 25.0 Å². The van der Waals surface area contributed by atoms with Gasteiger partial charge in [0, 0.05) is 6.04 Å². The largest absolute Gasteiger partial charge is 0.481 e. The molecule has 0 bridgehead atoms. The molecule has 0 heterocycles. The fourth-order valence-corrected chi connectivity index (χ4v) is 2.63. The van der Waals surface area contributed by atoms with E-state index in [2.05, 4.69) is 5.32 Å². The number of nitrogens with one attached hydrogen (secondary N) is 1. The van der Waals surface area contributed by atoms with Gasteiger partial charge in [0.05, 0.1) is 0 Å². The molecule has 1 aliphatic carbocycles. The molecule has 2 rings (SSSR count). The van der Waals surface area contributed by atoms with Crippen LogP contribution in [0.2, 0.25) is 0 Å². The number of carbonyl (C=O) groups excluding carboxylic acids is 1. The minimum absolute atomic E-state index is 0. The maximum Gasteiger partial charge on any atom is 0.258 e. The second kappa shape index (κ2) is 8.85. The highest BCUT2D eigenvalue weighted by atomic mass is 35.5. The van der Waals surface area contributed by atoms with Crippen molar-refractivity contribution in [3.05, 3.63) is 30.1 Å². The molecule has 0 aliphatic heterocycles. The molecular formula is C15H22ClFN2O2. The lowest BCUT2D eigenvalue weighted by Crippen LogP contribution is -2.46. The lowest BCUT2D eigenvalue weighted by atomic mass is 9.84. The maximum absolute atomic E-state index is 13.3. The molecule has 1 fully saturated rings. The third-order valence-corrected chi connectivity index (χ3v) is 3.75. The van der Waals surface area contributed by atoms with Crippen molar-refractivity contribution in [1.82, 2.24) is 5.32 Å². The van der Waals surface area contributed by atoms with Crippen molar-refractivity contribution in [3.63, 3.8) is 0 Å². The van der Waals surface area contributed by atoms with Crippen LogP contribution in [0.5, 0.6) is 5.75 Å². The highest BCUT2D eigenvalue weighted by Gasteiger charge is 2.25. The van der Waals surface area contributed by atoms with Gasteiger partial charge in [-0.05, 0) is 37.4 Å². The lowest BCUT2D eigenvalue weighted by molar-refractivity contribution is -0.124. The number of amides is 1. The van der Waals surface area contributed by atoms with Gasteiger partial charge in [0.1, 0.15) is 0 Å². The predicted octanol–water partition coefficient (Wildman–Crippen LogP) is 2.26. The van der Waals surface area contributed by atoms with E-state index in [-0.39, 0.29) is 36.7 Å². The Morgan fingerprint density at radius 1 is 1.33 bits per heavy atom. The molecule has 2 atom stereocenters. The number of rotatable bonds is 5. The number of benzene rings is 1. The molecule has 21 heavy (non-hydrogen) atoms. The van der Waals surface area contributed by atoms with Crippen LogP contribution in [0.25, 0.3) is 0 Å². The van der Waals surface area contributed by atoms with Crippen LogP contribution in [-0.2, 0) is 4.79 Å². The summed E-state index contributed by atoms with van der Waals surface area (Å²) >= 11 is 0. The number of ether oxygens (including phenoxy) is 1. The molecule has 1 aliphatic rings. The van der Waals surface area contributed by atoms with Gasteiger partial charge in [-0.25, -0.2) is 4.39 Å². The Morgan fingerprint density at radius 3 is 2.76 bits per heavy atom. The zero-order valence-electron chi connectivity index (χ0n) is 11.9. The molecule has 0 radical (unpaired) electrons. The van der Waals surface area contributed by atoms with Crippen LogP contribution in [0.1, 0.15) is 25.7 Å². The van der Waals surface area contributed by atoms with Crippen LogP contribution in [0, 0.1) is 11.7 Å². The normalized spacial score (nSPS) is 21.2. The molecule has 3 N–H and O–H groups in total. The summed E-state index contributed by atoms with van der Waals surface area (Å²) in [6.45, 7) is 0.411. The van der Waals surface area contributed by atoms with Gasteiger partial charge in [-0.15, -0.1) is 12.4 Å². The van der Waals surface area contributed by atoms with E-state index in [1.807, 2.05) is 0 Å². The molecule has 6 heteroatoms. The van der Waals surface area contributed by atoms with Crippen molar-refractivity contribution in [1.29, 1.82) is 0 Å². The van der Waals surface area contributed by atoms with E-state index in [4.69, 9.17) is 10.5 Å². The van der Waals surface area contributed by atoms with Crippen molar-refractivity contribution >= 4 is 18.3 Å². The summed E-state index contributed by atoms with van der Waals surface area (Å²) in [5, 5.41) is 2.94. The lowest BCUT2D eigenvalue weighted by Gasteiger charge is -2.31. The second-order valence-corrected chi connectivity index (χ2v) is 5.17. The van der Waals surface area contributed by atoms with Gasteiger partial charge in [0.2, 0.25) is 0 Å². The summed E-state index contributed by atoms with van der Waals surface area (Å²) < 4.78 is 18.5. The Bertz CT molecular complexity index is 459. The number of halogens is 2. The van der Waals surface area contributed by atoms with E-state index in [0.717, 1.165) is 19.3 Å². The molecule has 1 aromatic carbocycles. The van der Waals surface area contributed by atoms with E-state index >= 15 is 0 Å². The summed E-state index contributed by atoms with van der Waals surface area (Å²) in [5.41, 5.74) is 5.72. The highest BCUT2D eigenvalue weighted by Crippen LogP contribution is 2.23. The fourth-order valence-electron chi connectivity index (χ4n) is 2.63. The topological polar surface area (TPSA) is 64.3 Å². The fraction of sp³-hybridized carbons (Fsp3) is 0.533. The number of carbonyl (C=O) groups is 1. The van der Waals surface area contributed by atoms with Crippen molar-refractivity contribution in [2.75, 3.05) is 13.2 Å². The zero-order valence-corrected chi connectivity index (χ0v) is 12.7. The minimum Gasteiger partial charge on any atom is -0.481 e. The van der Waals surface area contributed by atoms with E-state index < -0.39 is 5.82 Å². The molecule has 0 aromatic heterocycles. The molecule has 118 valence electrons. The van der Waals surface area contributed by atoms with Gasteiger partial charge in [0.25, 0.3) is 5.91 Å². The van der Waals surface area contributed by atoms with Crippen LogP contribution >= 0.6 is 12.4 Å². The Labute approximate surface area is 130 Å². The van der Waals surface area contributed by atoms with E-state index in [0.29, 0.717) is 12.5 Å².